The van der Waals surface area contributed by atoms with E-state index in [1.165, 1.54) is 18.4 Å². The second kappa shape index (κ2) is 7.00. The van der Waals surface area contributed by atoms with E-state index in [0.29, 0.717) is 0 Å². The van der Waals surface area contributed by atoms with Crippen LogP contribution in [0.25, 0.3) is 0 Å². The highest BCUT2D eigenvalue weighted by molar-refractivity contribution is 6.21. The van der Waals surface area contributed by atoms with Crippen LogP contribution in [-0.2, 0) is 4.74 Å². The lowest BCUT2D eigenvalue weighted by atomic mass is 10.0. The Bertz CT molecular complexity index is 311. The molecule has 0 bridgehead atoms. The Morgan fingerprint density at radius 1 is 1.24 bits per heavy atom. The summed E-state index contributed by atoms with van der Waals surface area (Å²) < 4.78 is 5.34. The van der Waals surface area contributed by atoms with Gasteiger partial charge in [-0.3, -0.25) is 0 Å². The van der Waals surface area contributed by atoms with E-state index in [0.717, 1.165) is 32.2 Å². The number of nitrogens with one attached hydrogen (secondary N) is 1. The van der Waals surface area contributed by atoms with Crippen molar-refractivity contribution in [3.05, 3.63) is 35.9 Å². The largest absolute Gasteiger partial charge is 0.381 e. The minimum Gasteiger partial charge on any atom is -0.381 e. The predicted octanol–water partition coefficient (Wildman–Crippen LogP) is 2.98. The van der Waals surface area contributed by atoms with Crippen LogP contribution in [0.3, 0.4) is 0 Å². The Morgan fingerprint density at radius 2 is 1.94 bits per heavy atom. The number of hydrogen-bond acceptors (Lipinski definition) is 2. The molecule has 0 spiro atoms. The summed E-state index contributed by atoms with van der Waals surface area (Å²) in [6, 6.07) is 10.2. The topological polar surface area (TPSA) is 21.3 Å². The second-order valence-corrected chi connectivity index (χ2v) is 5.12. The number of hydrogen-bond donors (Lipinski definition) is 1. The summed E-state index contributed by atoms with van der Waals surface area (Å²) in [5.41, 5.74) is 1.19. The lowest BCUT2D eigenvalue weighted by Crippen LogP contribution is -2.29. The molecule has 1 aliphatic rings. The van der Waals surface area contributed by atoms with Gasteiger partial charge < -0.3 is 10.1 Å². The lowest BCUT2D eigenvalue weighted by molar-refractivity contribution is 0.0664. The van der Waals surface area contributed by atoms with Crippen molar-refractivity contribution in [3.8, 4) is 0 Å². The zero-order valence-corrected chi connectivity index (χ0v) is 10.8. The molecule has 0 aliphatic carbocycles. The van der Waals surface area contributed by atoms with Crippen LogP contribution in [0.5, 0.6) is 0 Å². The van der Waals surface area contributed by atoms with Crippen LogP contribution >= 0.6 is 11.6 Å². The molecule has 1 saturated heterocycles. The standard InChI is InChI=1S/C14H20ClNO/c15-14(13-4-2-1-3-5-13)11-16-10-12-6-8-17-9-7-12/h1-5,12,14,16H,6-11H2. The molecule has 2 rings (SSSR count). The molecule has 1 atom stereocenters. The Labute approximate surface area is 108 Å². The summed E-state index contributed by atoms with van der Waals surface area (Å²) in [5.74, 6) is 0.753. The van der Waals surface area contributed by atoms with Crippen LogP contribution < -0.4 is 5.32 Å². The van der Waals surface area contributed by atoms with Crippen molar-refractivity contribution in [1.82, 2.24) is 5.32 Å². The van der Waals surface area contributed by atoms with E-state index >= 15 is 0 Å². The smallest absolute Gasteiger partial charge is 0.0709 e. The fourth-order valence-corrected chi connectivity index (χ4v) is 2.40. The third-order valence-electron chi connectivity index (χ3n) is 3.26. The van der Waals surface area contributed by atoms with Crippen molar-refractivity contribution in [2.45, 2.75) is 18.2 Å². The van der Waals surface area contributed by atoms with Gasteiger partial charge in [0.15, 0.2) is 0 Å². The molecular formula is C14H20ClNO. The molecule has 2 nitrogen and oxygen atoms in total. The van der Waals surface area contributed by atoms with E-state index in [9.17, 15) is 0 Å². The molecule has 1 aromatic carbocycles. The molecule has 3 heteroatoms. The molecule has 0 amide bonds. The third kappa shape index (κ3) is 4.30. The number of benzene rings is 1. The van der Waals surface area contributed by atoms with Crippen LogP contribution in [0.1, 0.15) is 23.8 Å². The van der Waals surface area contributed by atoms with E-state index in [1.807, 2.05) is 18.2 Å². The quantitative estimate of drug-likeness (QED) is 0.815. The van der Waals surface area contributed by atoms with Gasteiger partial charge in [-0.2, -0.15) is 0 Å². The Kier molecular flexibility index (Phi) is 5.30. The van der Waals surface area contributed by atoms with Gasteiger partial charge in [0.1, 0.15) is 0 Å². The minimum absolute atomic E-state index is 0.0658. The first-order chi connectivity index (χ1) is 8.36. The molecule has 1 unspecified atom stereocenters. The summed E-state index contributed by atoms with van der Waals surface area (Å²) in [4.78, 5) is 0. The molecule has 1 aliphatic heterocycles. The summed E-state index contributed by atoms with van der Waals surface area (Å²) >= 11 is 6.34. The van der Waals surface area contributed by atoms with Gasteiger partial charge in [0.05, 0.1) is 5.38 Å². The SMILES string of the molecule is ClC(CNCC1CCOCC1)c1ccccc1. The van der Waals surface area contributed by atoms with Gasteiger partial charge in [0.25, 0.3) is 0 Å². The lowest BCUT2D eigenvalue weighted by Gasteiger charge is -2.22. The van der Waals surface area contributed by atoms with E-state index in [4.69, 9.17) is 16.3 Å². The highest BCUT2D eigenvalue weighted by atomic mass is 35.5. The van der Waals surface area contributed by atoms with E-state index in [1.54, 1.807) is 0 Å². The van der Waals surface area contributed by atoms with Gasteiger partial charge >= 0.3 is 0 Å². The maximum atomic E-state index is 6.34. The van der Waals surface area contributed by atoms with Gasteiger partial charge in [-0.25, -0.2) is 0 Å². The van der Waals surface area contributed by atoms with Crippen molar-refractivity contribution in [1.29, 1.82) is 0 Å². The molecule has 1 N–H and O–H groups in total. The number of halogens is 1. The van der Waals surface area contributed by atoms with Crippen molar-refractivity contribution in [2.75, 3.05) is 26.3 Å². The van der Waals surface area contributed by atoms with Crippen LogP contribution in [-0.4, -0.2) is 26.3 Å². The van der Waals surface area contributed by atoms with Gasteiger partial charge in [0, 0.05) is 19.8 Å². The van der Waals surface area contributed by atoms with Crippen molar-refractivity contribution < 1.29 is 4.74 Å². The first-order valence-electron chi connectivity index (χ1n) is 6.34. The summed E-state index contributed by atoms with van der Waals surface area (Å²) in [6.45, 7) is 3.72. The van der Waals surface area contributed by atoms with Crippen LogP contribution in [0.2, 0.25) is 0 Å². The van der Waals surface area contributed by atoms with E-state index in [-0.39, 0.29) is 5.38 Å². The second-order valence-electron chi connectivity index (χ2n) is 4.59. The van der Waals surface area contributed by atoms with Gasteiger partial charge in [0.2, 0.25) is 0 Å². The zero-order valence-electron chi connectivity index (χ0n) is 10.1. The average molecular weight is 254 g/mol. The summed E-state index contributed by atoms with van der Waals surface area (Å²) in [7, 11) is 0. The molecule has 17 heavy (non-hydrogen) atoms. The van der Waals surface area contributed by atoms with Crippen LogP contribution in [0.15, 0.2) is 30.3 Å². The van der Waals surface area contributed by atoms with Crippen molar-refractivity contribution in [3.63, 3.8) is 0 Å². The molecule has 0 aromatic heterocycles. The van der Waals surface area contributed by atoms with Crippen molar-refractivity contribution in [2.24, 2.45) is 5.92 Å². The Balaban J connectivity index is 1.67. The molecule has 1 fully saturated rings. The highest BCUT2D eigenvalue weighted by Gasteiger charge is 2.14. The summed E-state index contributed by atoms with van der Waals surface area (Å²) in [6.07, 6.45) is 2.34. The van der Waals surface area contributed by atoms with Gasteiger partial charge in [-0.05, 0) is 30.9 Å². The molecule has 1 heterocycles. The average Bonchev–Trinajstić information content (AvgIpc) is 2.41. The van der Waals surface area contributed by atoms with E-state index in [2.05, 4.69) is 17.4 Å². The number of alkyl halides is 1. The van der Waals surface area contributed by atoms with Gasteiger partial charge in [-0.15, -0.1) is 11.6 Å². The number of ether oxygens (including phenoxy) is 1. The fourth-order valence-electron chi connectivity index (χ4n) is 2.14. The predicted molar refractivity (Wildman–Crippen MR) is 71.4 cm³/mol. The molecule has 1 aromatic rings. The zero-order chi connectivity index (χ0) is 11.9. The maximum absolute atomic E-state index is 6.34. The highest BCUT2D eigenvalue weighted by Crippen LogP contribution is 2.19. The fraction of sp³-hybridized carbons (Fsp3) is 0.571. The molecule has 0 saturated carbocycles. The monoisotopic (exact) mass is 253 g/mol. The first-order valence-corrected chi connectivity index (χ1v) is 6.77. The molecule has 0 radical (unpaired) electrons. The molecular weight excluding hydrogens is 234 g/mol. The summed E-state index contributed by atoms with van der Waals surface area (Å²) in [5, 5.41) is 3.53. The van der Waals surface area contributed by atoms with E-state index < -0.39 is 0 Å². The third-order valence-corrected chi connectivity index (χ3v) is 3.66. The molecule has 94 valence electrons. The first kappa shape index (κ1) is 12.9. The van der Waals surface area contributed by atoms with Crippen LogP contribution in [0.4, 0.5) is 0 Å². The Morgan fingerprint density at radius 3 is 2.65 bits per heavy atom. The van der Waals surface area contributed by atoms with Crippen LogP contribution in [0, 0.1) is 5.92 Å². The number of rotatable bonds is 5. The minimum atomic E-state index is 0.0658. The van der Waals surface area contributed by atoms with Crippen molar-refractivity contribution >= 4 is 11.6 Å². The van der Waals surface area contributed by atoms with Gasteiger partial charge in [-0.1, -0.05) is 30.3 Å². The normalized spacial score (nSPS) is 19.1. The maximum Gasteiger partial charge on any atom is 0.0709 e. The Hall–Kier alpha value is -0.570.